The summed E-state index contributed by atoms with van der Waals surface area (Å²) in [4.78, 5) is 10.9. The van der Waals surface area contributed by atoms with E-state index in [4.69, 9.17) is 5.73 Å². The molecule has 1 amide bonds. The second-order valence-corrected chi connectivity index (χ2v) is 7.73. The van der Waals surface area contributed by atoms with Crippen LogP contribution in [0.5, 0.6) is 0 Å². The van der Waals surface area contributed by atoms with Crippen LogP contribution in [0.25, 0.3) is 0 Å². The molecule has 144 valence electrons. The van der Waals surface area contributed by atoms with E-state index in [9.17, 15) is 26.4 Å². The van der Waals surface area contributed by atoms with Gasteiger partial charge in [-0.05, 0) is 32.9 Å². The standard InChI is InChI=1S/C14H20F3N3O3S.ClH/c1-9(12(21)19-8-13(2,3)18)20-24(22,23)11-7-5-4-6-10(11)14(15,16)17;/h4-7,9,20H,8,18H2,1-3H3,(H,19,21);1H. The van der Waals surface area contributed by atoms with Crippen LogP contribution < -0.4 is 15.8 Å². The van der Waals surface area contributed by atoms with Crippen LogP contribution in [-0.4, -0.2) is 32.5 Å². The molecule has 1 atom stereocenters. The van der Waals surface area contributed by atoms with Crippen molar-refractivity contribution in [3.8, 4) is 0 Å². The molecule has 11 heteroatoms. The zero-order chi connectivity index (χ0) is 18.8. The van der Waals surface area contributed by atoms with E-state index in [1.54, 1.807) is 13.8 Å². The molecule has 1 unspecified atom stereocenters. The molecule has 1 rings (SSSR count). The van der Waals surface area contributed by atoms with E-state index in [1.807, 2.05) is 4.72 Å². The first-order chi connectivity index (χ1) is 10.7. The fraction of sp³-hybridized carbons (Fsp3) is 0.500. The number of nitrogens with two attached hydrogens (primary N) is 1. The van der Waals surface area contributed by atoms with Crippen molar-refractivity contribution in [2.75, 3.05) is 6.54 Å². The van der Waals surface area contributed by atoms with Crippen molar-refractivity contribution < 1.29 is 26.4 Å². The smallest absolute Gasteiger partial charge is 0.353 e. The predicted octanol–water partition coefficient (Wildman–Crippen LogP) is 1.65. The summed E-state index contributed by atoms with van der Waals surface area (Å²) in [6.07, 6.45) is -4.83. The quantitative estimate of drug-likeness (QED) is 0.672. The number of hydrogen-bond acceptors (Lipinski definition) is 4. The third kappa shape index (κ3) is 7.18. The minimum atomic E-state index is -4.83. The lowest BCUT2D eigenvalue weighted by Crippen LogP contribution is -2.51. The maximum Gasteiger partial charge on any atom is 0.417 e. The van der Waals surface area contributed by atoms with Crippen molar-refractivity contribution >= 4 is 28.3 Å². The Morgan fingerprint density at radius 2 is 1.76 bits per heavy atom. The van der Waals surface area contributed by atoms with E-state index in [-0.39, 0.29) is 19.0 Å². The fourth-order valence-electron chi connectivity index (χ4n) is 1.75. The van der Waals surface area contributed by atoms with E-state index in [0.29, 0.717) is 6.07 Å². The summed E-state index contributed by atoms with van der Waals surface area (Å²) >= 11 is 0. The van der Waals surface area contributed by atoms with Crippen LogP contribution in [0.1, 0.15) is 26.3 Å². The minimum absolute atomic E-state index is 0. The predicted molar refractivity (Wildman–Crippen MR) is 89.8 cm³/mol. The molecule has 1 aromatic carbocycles. The van der Waals surface area contributed by atoms with Crippen LogP contribution >= 0.6 is 12.4 Å². The summed E-state index contributed by atoms with van der Waals surface area (Å²) in [6, 6.07) is 2.49. The van der Waals surface area contributed by atoms with Crippen molar-refractivity contribution in [1.82, 2.24) is 10.0 Å². The van der Waals surface area contributed by atoms with Gasteiger partial charge in [0.2, 0.25) is 15.9 Å². The third-order valence-corrected chi connectivity index (χ3v) is 4.52. The maximum absolute atomic E-state index is 12.9. The molecule has 4 N–H and O–H groups in total. The Morgan fingerprint density at radius 1 is 1.24 bits per heavy atom. The SMILES string of the molecule is CC(NS(=O)(=O)c1ccccc1C(F)(F)F)C(=O)NCC(C)(C)N.Cl. The second-order valence-electron chi connectivity index (χ2n) is 6.04. The van der Waals surface area contributed by atoms with Gasteiger partial charge >= 0.3 is 6.18 Å². The number of nitrogens with one attached hydrogen (secondary N) is 2. The highest BCUT2D eigenvalue weighted by molar-refractivity contribution is 7.89. The summed E-state index contributed by atoms with van der Waals surface area (Å²) in [5, 5.41) is 2.43. The van der Waals surface area contributed by atoms with Crippen molar-refractivity contribution in [3.63, 3.8) is 0 Å². The van der Waals surface area contributed by atoms with Gasteiger partial charge in [-0.1, -0.05) is 12.1 Å². The summed E-state index contributed by atoms with van der Waals surface area (Å²) in [6.45, 7) is 4.62. The number of alkyl halides is 3. The normalized spacial score (nSPS) is 13.7. The lowest BCUT2D eigenvalue weighted by Gasteiger charge is -2.21. The second kappa shape index (κ2) is 8.35. The molecule has 0 aliphatic carbocycles. The zero-order valence-corrected chi connectivity index (χ0v) is 15.5. The number of carbonyl (C=O) groups excluding carboxylic acids is 1. The molecular formula is C14H21ClF3N3O3S. The Labute approximate surface area is 150 Å². The van der Waals surface area contributed by atoms with Crippen LogP contribution in [0.15, 0.2) is 29.2 Å². The first kappa shape index (κ1) is 23.6. The summed E-state index contributed by atoms with van der Waals surface area (Å²) in [5.74, 6) is -0.693. The lowest BCUT2D eigenvalue weighted by molar-refractivity contribution is -0.139. The number of carbonyl (C=O) groups is 1. The van der Waals surface area contributed by atoms with Crippen molar-refractivity contribution in [1.29, 1.82) is 0 Å². The van der Waals surface area contributed by atoms with Gasteiger partial charge in [-0.3, -0.25) is 4.79 Å². The summed E-state index contributed by atoms with van der Waals surface area (Å²) in [7, 11) is -4.53. The van der Waals surface area contributed by atoms with E-state index in [1.165, 1.54) is 13.0 Å². The van der Waals surface area contributed by atoms with Crippen LogP contribution in [0.3, 0.4) is 0 Å². The van der Waals surface area contributed by atoms with Crippen LogP contribution in [-0.2, 0) is 21.0 Å². The highest BCUT2D eigenvalue weighted by Gasteiger charge is 2.37. The molecule has 0 saturated heterocycles. The molecule has 0 radical (unpaired) electrons. The molecule has 0 spiro atoms. The summed E-state index contributed by atoms with van der Waals surface area (Å²) in [5.41, 5.74) is 3.68. The highest BCUT2D eigenvalue weighted by atomic mass is 35.5. The average molecular weight is 404 g/mol. The molecule has 0 aliphatic heterocycles. The van der Waals surface area contributed by atoms with Gasteiger partial charge in [0.1, 0.15) is 0 Å². The van der Waals surface area contributed by atoms with Gasteiger partial charge < -0.3 is 11.1 Å². The van der Waals surface area contributed by atoms with Crippen LogP contribution in [0.4, 0.5) is 13.2 Å². The van der Waals surface area contributed by atoms with Crippen LogP contribution in [0, 0.1) is 0 Å². The van der Waals surface area contributed by atoms with Crippen molar-refractivity contribution in [2.45, 2.75) is 43.4 Å². The Kier molecular flexibility index (Phi) is 7.89. The molecule has 6 nitrogen and oxygen atoms in total. The van der Waals surface area contributed by atoms with Gasteiger partial charge in [0.05, 0.1) is 16.5 Å². The molecule has 0 aliphatic rings. The molecule has 0 bridgehead atoms. The minimum Gasteiger partial charge on any atom is -0.353 e. The molecular weight excluding hydrogens is 383 g/mol. The van der Waals surface area contributed by atoms with Gasteiger partial charge in [0.25, 0.3) is 0 Å². The third-order valence-electron chi connectivity index (χ3n) is 2.93. The number of halogens is 4. The van der Waals surface area contributed by atoms with E-state index in [2.05, 4.69) is 5.32 Å². The number of rotatable bonds is 6. The Hall–Kier alpha value is -1.36. The Bertz CT molecular complexity index is 703. The number of amides is 1. The molecule has 0 saturated carbocycles. The average Bonchev–Trinajstić information content (AvgIpc) is 2.42. The van der Waals surface area contributed by atoms with Gasteiger partial charge in [0.15, 0.2) is 0 Å². The molecule has 0 aromatic heterocycles. The van der Waals surface area contributed by atoms with Gasteiger partial charge in [0, 0.05) is 12.1 Å². The largest absolute Gasteiger partial charge is 0.417 e. The lowest BCUT2D eigenvalue weighted by atomic mass is 10.1. The number of hydrogen-bond donors (Lipinski definition) is 3. The molecule has 0 heterocycles. The first-order valence-corrected chi connectivity index (χ1v) is 8.47. The number of sulfonamides is 1. The van der Waals surface area contributed by atoms with E-state index < -0.39 is 44.1 Å². The maximum atomic E-state index is 12.9. The molecule has 1 aromatic rings. The topological polar surface area (TPSA) is 101 Å². The molecule has 0 fully saturated rings. The zero-order valence-electron chi connectivity index (χ0n) is 13.8. The van der Waals surface area contributed by atoms with Gasteiger partial charge in [-0.15, -0.1) is 12.4 Å². The number of benzene rings is 1. The molecule has 25 heavy (non-hydrogen) atoms. The van der Waals surface area contributed by atoms with Crippen molar-refractivity contribution in [3.05, 3.63) is 29.8 Å². The first-order valence-electron chi connectivity index (χ1n) is 6.99. The van der Waals surface area contributed by atoms with Gasteiger partial charge in [-0.2, -0.15) is 17.9 Å². The fourth-order valence-corrected chi connectivity index (χ4v) is 3.18. The van der Waals surface area contributed by atoms with Crippen molar-refractivity contribution in [2.24, 2.45) is 5.73 Å². The van der Waals surface area contributed by atoms with Gasteiger partial charge in [-0.25, -0.2) is 8.42 Å². The summed E-state index contributed by atoms with van der Waals surface area (Å²) < 4.78 is 65.2. The Balaban J connectivity index is 0.00000576. The van der Waals surface area contributed by atoms with E-state index >= 15 is 0 Å². The highest BCUT2D eigenvalue weighted by Crippen LogP contribution is 2.33. The Morgan fingerprint density at radius 3 is 2.24 bits per heavy atom. The van der Waals surface area contributed by atoms with Crippen LogP contribution in [0.2, 0.25) is 0 Å². The van der Waals surface area contributed by atoms with E-state index in [0.717, 1.165) is 12.1 Å². The monoisotopic (exact) mass is 403 g/mol.